The largest absolute Gasteiger partial charge is 0.272 e. The molecule has 4 heteroatoms. The van der Waals surface area contributed by atoms with Crippen LogP contribution in [0, 0.1) is 5.92 Å². The lowest BCUT2D eigenvalue weighted by atomic mass is 10.1. The van der Waals surface area contributed by atoms with Crippen molar-refractivity contribution in [2.45, 2.75) is 26.7 Å². The van der Waals surface area contributed by atoms with Crippen LogP contribution in [0.5, 0.6) is 0 Å². The van der Waals surface area contributed by atoms with E-state index in [-0.39, 0.29) is 0 Å². The van der Waals surface area contributed by atoms with Crippen LogP contribution in [0.15, 0.2) is 0 Å². The van der Waals surface area contributed by atoms with Crippen molar-refractivity contribution in [3.05, 3.63) is 0 Å². The Hall–Kier alpha value is -0.0900. The highest BCUT2D eigenvalue weighted by atomic mass is 32.2. The predicted octanol–water partition coefficient (Wildman–Crippen LogP) is 0.966. The van der Waals surface area contributed by atoms with Gasteiger partial charge in [0.1, 0.15) is 0 Å². The molecule has 1 unspecified atom stereocenters. The molecule has 0 radical (unpaired) electrons. The Bertz CT molecular complexity index is 134. The SMILES string of the molecule is CCCC(C)CO[SH](=O)=O. The summed E-state index contributed by atoms with van der Waals surface area (Å²) in [4.78, 5) is 0. The molecular formula is C6H14O3S. The van der Waals surface area contributed by atoms with Crippen LogP contribution in [0.4, 0.5) is 0 Å². The average Bonchev–Trinajstić information content (AvgIpc) is 1.85. The molecule has 0 aromatic rings. The van der Waals surface area contributed by atoms with Gasteiger partial charge in [-0.1, -0.05) is 20.3 Å². The molecule has 0 saturated heterocycles. The molecule has 10 heavy (non-hydrogen) atoms. The van der Waals surface area contributed by atoms with Gasteiger partial charge in [0.2, 0.25) is 0 Å². The molecule has 0 aliphatic heterocycles. The smallest absolute Gasteiger partial charge is 0.257 e. The first-order valence-corrected chi connectivity index (χ1v) is 4.53. The zero-order valence-electron chi connectivity index (χ0n) is 6.37. The van der Waals surface area contributed by atoms with Crippen molar-refractivity contribution in [3.63, 3.8) is 0 Å². The summed E-state index contributed by atoms with van der Waals surface area (Å²) in [6, 6.07) is 0. The molecule has 0 bridgehead atoms. The van der Waals surface area contributed by atoms with Crippen LogP contribution in [-0.2, 0) is 15.2 Å². The molecule has 0 aliphatic carbocycles. The number of hydrogen-bond acceptors (Lipinski definition) is 3. The molecule has 0 saturated carbocycles. The third-order valence-corrected chi connectivity index (χ3v) is 1.61. The molecule has 0 amide bonds. The van der Waals surface area contributed by atoms with Crippen LogP contribution in [0.2, 0.25) is 0 Å². The van der Waals surface area contributed by atoms with Gasteiger partial charge in [-0.25, -0.2) is 8.42 Å². The lowest BCUT2D eigenvalue weighted by Gasteiger charge is -2.05. The van der Waals surface area contributed by atoms with E-state index in [1.807, 2.05) is 6.92 Å². The van der Waals surface area contributed by atoms with Gasteiger partial charge in [0.15, 0.2) is 0 Å². The van der Waals surface area contributed by atoms with E-state index in [0.29, 0.717) is 12.5 Å². The summed E-state index contributed by atoms with van der Waals surface area (Å²) in [5.41, 5.74) is 0. The Labute approximate surface area is 63.5 Å². The first-order valence-electron chi connectivity index (χ1n) is 3.44. The van der Waals surface area contributed by atoms with Crippen molar-refractivity contribution in [2.75, 3.05) is 6.61 Å². The minimum Gasteiger partial charge on any atom is -0.272 e. The summed E-state index contributed by atoms with van der Waals surface area (Å²) in [7, 11) is -2.64. The number of hydrogen-bond donors (Lipinski definition) is 1. The van der Waals surface area contributed by atoms with Crippen LogP contribution >= 0.6 is 0 Å². The van der Waals surface area contributed by atoms with E-state index in [0.717, 1.165) is 12.8 Å². The molecule has 1 atom stereocenters. The fourth-order valence-corrected chi connectivity index (χ4v) is 1.14. The van der Waals surface area contributed by atoms with Gasteiger partial charge in [-0.05, 0) is 12.3 Å². The summed E-state index contributed by atoms with van der Waals surface area (Å²) in [5, 5.41) is 0. The van der Waals surface area contributed by atoms with E-state index in [4.69, 9.17) is 0 Å². The monoisotopic (exact) mass is 166 g/mol. The second-order valence-electron chi connectivity index (χ2n) is 2.41. The standard InChI is InChI=1S/C6H14O3S/c1-3-4-6(2)5-9-10(7)8/h6,10H,3-5H2,1-2H3. The summed E-state index contributed by atoms with van der Waals surface area (Å²) in [5.74, 6) is 0.345. The lowest BCUT2D eigenvalue weighted by molar-refractivity contribution is 0.266. The molecule has 0 fully saturated rings. The van der Waals surface area contributed by atoms with E-state index in [1.165, 1.54) is 0 Å². The first-order chi connectivity index (χ1) is 4.66. The highest BCUT2D eigenvalue weighted by Crippen LogP contribution is 2.04. The summed E-state index contributed by atoms with van der Waals surface area (Å²) in [6.45, 7) is 4.36. The molecule has 3 nitrogen and oxygen atoms in total. The Morgan fingerprint density at radius 2 is 2.10 bits per heavy atom. The Kier molecular flexibility index (Phi) is 5.63. The first kappa shape index (κ1) is 9.91. The van der Waals surface area contributed by atoms with Crippen molar-refractivity contribution in [1.82, 2.24) is 0 Å². The third-order valence-electron chi connectivity index (χ3n) is 1.25. The van der Waals surface area contributed by atoms with Crippen molar-refractivity contribution in [3.8, 4) is 0 Å². The van der Waals surface area contributed by atoms with Gasteiger partial charge in [-0.2, -0.15) is 0 Å². The van der Waals surface area contributed by atoms with E-state index in [9.17, 15) is 8.42 Å². The van der Waals surface area contributed by atoms with Gasteiger partial charge >= 0.3 is 0 Å². The second kappa shape index (κ2) is 5.68. The van der Waals surface area contributed by atoms with Gasteiger partial charge in [-0.3, -0.25) is 4.18 Å². The summed E-state index contributed by atoms with van der Waals surface area (Å²) in [6.07, 6.45) is 2.09. The van der Waals surface area contributed by atoms with Crippen LogP contribution in [0.25, 0.3) is 0 Å². The van der Waals surface area contributed by atoms with Crippen LogP contribution in [0.1, 0.15) is 26.7 Å². The number of rotatable bonds is 5. The zero-order valence-corrected chi connectivity index (χ0v) is 7.27. The van der Waals surface area contributed by atoms with Gasteiger partial charge in [0.25, 0.3) is 11.0 Å². The quantitative estimate of drug-likeness (QED) is 0.619. The fourth-order valence-electron chi connectivity index (χ4n) is 0.764. The van der Waals surface area contributed by atoms with Gasteiger partial charge in [0.05, 0.1) is 6.61 Å². The van der Waals surface area contributed by atoms with Gasteiger partial charge < -0.3 is 0 Å². The van der Waals surface area contributed by atoms with Crippen molar-refractivity contribution < 1.29 is 12.6 Å². The van der Waals surface area contributed by atoms with Crippen molar-refractivity contribution >= 4 is 11.0 Å². The zero-order chi connectivity index (χ0) is 7.98. The van der Waals surface area contributed by atoms with Crippen LogP contribution in [0.3, 0.4) is 0 Å². The summed E-state index contributed by atoms with van der Waals surface area (Å²) >= 11 is 0. The van der Waals surface area contributed by atoms with E-state index in [1.54, 1.807) is 0 Å². The molecule has 0 aromatic heterocycles. The molecule has 0 aromatic carbocycles. The maximum absolute atomic E-state index is 9.92. The van der Waals surface area contributed by atoms with E-state index in [2.05, 4.69) is 11.1 Å². The summed E-state index contributed by atoms with van der Waals surface area (Å²) < 4.78 is 24.3. The number of thiol groups is 1. The lowest BCUT2D eigenvalue weighted by Crippen LogP contribution is -2.04. The van der Waals surface area contributed by atoms with E-state index < -0.39 is 11.0 Å². The normalized spacial score (nSPS) is 13.9. The van der Waals surface area contributed by atoms with Gasteiger partial charge in [0, 0.05) is 0 Å². The average molecular weight is 166 g/mol. The minimum absolute atomic E-state index is 0.326. The van der Waals surface area contributed by atoms with Crippen molar-refractivity contribution in [1.29, 1.82) is 0 Å². The van der Waals surface area contributed by atoms with E-state index >= 15 is 0 Å². The van der Waals surface area contributed by atoms with Crippen molar-refractivity contribution in [2.24, 2.45) is 5.92 Å². The fraction of sp³-hybridized carbons (Fsp3) is 1.00. The molecule has 0 heterocycles. The Morgan fingerprint density at radius 1 is 1.50 bits per heavy atom. The third kappa shape index (κ3) is 6.04. The topological polar surface area (TPSA) is 43.4 Å². The molecule has 0 aliphatic rings. The second-order valence-corrected chi connectivity index (χ2v) is 3.12. The maximum atomic E-state index is 9.92. The molecule has 0 rings (SSSR count). The highest BCUT2D eigenvalue weighted by molar-refractivity contribution is 7.67. The maximum Gasteiger partial charge on any atom is 0.257 e. The predicted molar refractivity (Wildman–Crippen MR) is 40.3 cm³/mol. The van der Waals surface area contributed by atoms with Gasteiger partial charge in [-0.15, -0.1) is 0 Å². The molecule has 0 spiro atoms. The molecule has 62 valence electrons. The Balaban J connectivity index is 3.29. The van der Waals surface area contributed by atoms with Crippen LogP contribution < -0.4 is 0 Å². The Morgan fingerprint density at radius 3 is 2.50 bits per heavy atom. The minimum atomic E-state index is -2.64. The van der Waals surface area contributed by atoms with Crippen LogP contribution in [-0.4, -0.2) is 15.0 Å². The molecular weight excluding hydrogens is 152 g/mol. The highest BCUT2D eigenvalue weighted by Gasteiger charge is 1.99. The molecule has 0 N–H and O–H groups in total.